The van der Waals surface area contributed by atoms with Gasteiger partial charge in [0.1, 0.15) is 0 Å². The van der Waals surface area contributed by atoms with Crippen molar-refractivity contribution in [1.29, 1.82) is 0 Å². The van der Waals surface area contributed by atoms with Gasteiger partial charge in [0.15, 0.2) is 0 Å². The number of nitrogens with one attached hydrogen (secondary N) is 2. The molecular weight excluding hydrogens is 432 g/mol. The Labute approximate surface area is 218 Å². The van der Waals surface area contributed by atoms with Crippen molar-refractivity contribution in [2.75, 3.05) is 18.6 Å². The summed E-state index contributed by atoms with van der Waals surface area (Å²) in [5, 5.41) is 7.02. The van der Waals surface area contributed by atoms with Crippen LogP contribution in [0.15, 0.2) is 72.0 Å². The summed E-state index contributed by atoms with van der Waals surface area (Å²) in [6.07, 6.45) is 17.1. The number of likely N-dealkylation sites (N-methyl/N-ethyl adjacent to an activating group) is 1. The molecule has 0 aromatic carbocycles. The molecule has 0 bridgehead atoms. The average Bonchev–Trinajstić information content (AvgIpc) is 2.76. The molecular formula is C31H56N2S. The highest BCUT2D eigenvalue weighted by molar-refractivity contribution is 7.99. The van der Waals surface area contributed by atoms with Gasteiger partial charge in [0.05, 0.1) is 6.04 Å². The lowest BCUT2D eigenvalue weighted by molar-refractivity contribution is 0.514. The molecule has 0 fully saturated rings. The zero-order chi connectivity index (χ0) is 26.4. The first-order chi connectivity index (χ1) is 16.1. The number of rotatable bonds is 18. The predicted octanol–water partition coefficient (Wildman–Crippen LogP) is 9.16. The van der Waals surface area contributed by atoms with Crippen LogP contribution in [0.3, 0.4) is 0 Å². The molecule has 0 saturated carbocycles. The number of hydrogen-bond donors (Lipinski definition) is 2. The molecule has 0 rings (SSSR count). The SMILES string of the molecule is C=C(C)C(CSC/C=C(\C)CC/C=C(\C)CCC=C(C)C)NC(=C)C(CCCC)NC.C=CC. The van der Waals surface area contributed by atoms with Crippen LogP contribution in [-0.4, -0.2) is 30.6 Å². The Balaban J connectivity index is 0. The fourth-order valence-corrected chi connectivity index (χ4v) is 4.40. The third-order valence-electron chi connectivity index (χ3n) is 5.53. The van der Waals surface area contributed by atoms with Gasteiger partial charge >= 0.3 is 0 Å². The standard InChI is InChI=1S/C28H50N2S.C3H6/c1-10-11-18-27(29-9)26(8)30-28(23(4)5)21-31-20-19-25(7)17-13-16-24(6)15-12-14-22(2)3;1-3-2/h14,16,19,27-30H,4,8,10-13,15,17-18,20-21H2,1-3,5-7,9H3;3H,1H2,2H3/b24-16+,25-19+;. The smallest absolute Gasteiger partial charge is 0.0556 e. The summed E-state index contributed by atoms with van der Waals surface area (Å²) in [5.74, 6) is 2.07. The van der Waals surface area contributed by atoms with Gasteiger partial charge in [0.2, 0.25) is 0 Å². The van der Waals surface area contributed by atoms with E-state index in [2.05, 4.69) is 90.1 Å². The van der Waals surface area contributed by atoms with E-state index < -0.39 is 0 Å². The van der Waals surface area contributed by atoms with Crippen molar-refractivity contribution < 1.29 is 0 Å². The second-order valence-electron chi connectivity index (χ2n) is 9.46. The Kier molecular flexibility index (Phi) is 23.8. The molecule has 0 aliphatic rings. The molecule has 0 saturated heterocycles. The Morgan fingerprint density at radius 3 is 1.97 bits per heavy atom. The molecule has 3 heteroatoms. The van der Waals surface area contributed by atoms with Crippen molar-refractivity contribution in [3.8, 4) is 0 Å². The molecule has 0 heterocycles. The topological polar surface area (TPSA) is 24.1 Å². The molecule has 0 radical (unpaired) electrons. The van der Waals surface area contributed by atoms with E-state index in [1.807, 2.05) is 25.7 Å². The molecule has 0 aromatic rings. The van der Waals surface area contributed by atoms with Crippen LogP contribution >= 0.6 is 11.8 Å². The van der Waals surface area contributed by atoms with Gasteiger partial charge in [0, 0.05) is 23.2 Å². The molecule has 0 aromatic heterocycles. The first-order valence-corrected chi connectivity index (χ1v) is 14.2. The normalized spacial score (nSPS) is 13.3. The van der Waals surface area contributed by atoms with Gasteiger partial charge < -0.3 is 10.6 Å². The fourth-order valence-electron chi connectivity index (χ4n) is 3.26. The third kappa shape index (κ3) is 21.1. The molecule has 2 N–H and O–H groups in total. The van der Waals surface area contributed by atoms with Gasteiger partial charge in [-0.25, -0.2) is 0 Å². The van der Waals surface area contributed by atoms with Crippen molar-refractivity contribution >= 4 is 11.8 Å². The van der Waals surface area contributed by atoms with Gasteiger partial charge in [-0.05, 0) is 80.7 Å². The maximum Gasteiger partial charge on any atom is 0.0556 e. The fraction of sp³-hybridized carbons (Fsp3) is 0.613. The second kappa shape index (κ2) is 23.3. The van der Waals surface area contributed by atoms with E-state index in [-0.39, 0.29) is 6.04 Å². The van der Waals surface area contributed by atoms with E-state index in [1.165, 1.54) is 41.6 Å². The molecule has 2 nitrogen and oxygen atoms in total. The lowest BCUT2D eigenvalue weighted by Crippen LogP contribution is -2.40. The molecule has 34 heavy (non-hydrogen) atoms. The van der Waals surface area contributed by atoms with Crippen LogP contribution in [0.2, 0.25) is 0 Å². The molecule has 2 unspecified atom stereocenters. The number of hydrogen-bond acceptors (Lipinski definition) is 3. The lowest BCUT2D eigenvalue weighted by Gasteiger charge is -2.26. The summed E-state index contributed by atoms with van der Waals surface area (Å²) >= 11 is 1.97. The zero-order valence-electron chi connectivity index (χ0n) is 23.9. The Bertz CT molecular complexity index is 650. The van der Waals surface area contributed by atoms with Crippen LogP contribution in [0.1, 0.15) is 93.4 Å². The van der Waals surface area contributed by atoms with Crippen molar-refractivity contribution in [3.63, 3.8) is 0 Å². The zero-order valence-corrected chi connectivity index (χ0v) is 24.7. The predicted molar refractivity (Wildman–Crippen MR) is 162 cm³/mol. The quantitative estimate of drug-likeness (QED) is 0.148. The summed E-state index contributed by atoms with van der Waals surface area (Å²) in [6, 6.07) is 0.600. The molecule has 0 aliphatic carbocycles. The highest BCUT2D eigenvalue weighted by atomic mass is 32.2. The number of thioether (sulfide) groups is 1. The van der Waals surface area contributed by atoms with E-state index in [9.17, 15) is 0 Å². The Morgan fingerprint density at radius 1 is 0.912 bits per heavy atom. The van der Waals surface area contributed by atoms with Crippen LogP contribution < -0.4 is 10.6 Å². The third-order valence-corrected chi connectivity index (χ3v) is 6.50. The van der Waals surface area contributed by atoms with E-state index in [0.717, 1.165) is 42.9 Å². The molecule has 196 valence electrons. The van der Waals surface area contributed by atoms with Crippen molar-refractivity contribution in [2.24, 2.45) is 0 Å². The summed E-state index contributed by atoms with van der Waals surface area (Å²) in [4.78, 5) is 0. The maximum atomic E-state index is 4.29. The van der Waals surface area contributed by atoms with Gasteiger partial charge in [-0.15, -0.1) is 6.58 Å². The van der Waals surface area contributed by atoms with Crippen molar-refractivity contribution in [2.45, 2.75) is 105 Å². The first kappa shape index (κ1) is 34.7. The minimum atomic E-state index is 0.273. The number of allylic oxidation sites excluding steroid dienone is 6. The van der Waals surface area contributed by atoms with Crippen LogP contribution in [-0.2, 0) is 0 Å². The highest BCUT2D eigenvalue weighted by Gasteiger charge is 2.15. The van der Waals surface area contributed by atoms with Crippen LogP contribution in [0.4, 0.5) is 0 Å². The number of unbranched alkanes of at least 4 members (excludes halogenated alkanes) is 1. The molecule has 0 spiro atoms. The van der Waals surface area contributed by atoms with E-state index in [0.29, 0.717) is 6.04 Å². The molecule has 2 atom stereocenters. The Hall–Kier alpha value is -1.45. The average molecular weight is 489 g/mol. The van der Waals surface area contributed by atoms with E-state index in [1.54, 1.807) is 6.08 Å². The van der Waals surface area contributed by atoms with Crippen molar-refractivity contribution in [3.05, 3.63) is 72.0 Å². The van der Waals surface area contributed by atoms with Gasteiger partial charge in [-0.3, -0.25) is 0 Å². The minimum Gasteiger partial charge on any atom is -0.380 e. The van der Waals surface area contributed by atoms with Gasteiger partial charge in [0.25, 0.3) is 0 Å². The summed E-state index contributed by atoms with van der Waals surface area (Å²) in [6.45, 7) is 26.9. The van der Waals surface area contributed by atoms with E-state index in [4.69, 9.17) is 0 Å². The van der Waals surface area contributed by atoms with Crippen LogP contribution in [0.5, 0.6) is 0 Å². The Morgan fingerprint density at radius 2 is 1.47 bits per heavy atom. The van der Waals surface area contributed by atoms with Crippen molar-refractivity contribution in [1.82, 2.24) is 10.6 Å². The first-order valence-electron chi connectivity index (χ1n) is 13.0. The van der Waals surface area contributed by atoms with Gasteiger partial charge in [-0.2, -0.15) is 11.8 Å². The molecule has 0 aliphatic heterocycles. The van der Waals surface area contributed by atoms with Crippen LogP contribution in [0.25, 0.3) is 0 Å². The summed E-state index contributed by atoms with van der Waals surface area (Å²) < 4.78 is 0. The molecule has 0 amide bonds. The van der Waals surface area contributed by atoms with E-state index >= 15 is 0 Å². The monoisotopic (exact) mass is 488 g/mol. The summed E-state index contributed by atoms with van der Waals surface area (Å²) in [7, 11) is 2.02. The largest absolute Gasteiger partial charge is 0.380 e. The summed E-state index contributed by atoms with van der Waals surface area (Å²) in [5.41, 5.74) is 6.67. The lowest BCUT2D eigenvalue weighted by atomic mass is 10.1. The van der Waals surface area contributed by atoms with Gasteiger partial charge in [-0.1, -0.05) is 79.5 Å². The maximum absolute atomic E-state index is 4.29. The minimum absolute atomic E-state index is 0.273. The highest BCUT2D eigenvalue weighted by Crippen LogP contribution is 2.16. The van der Waals surface area contributed by atoms with Crippen LogP contribution in [0, 0.1) is 0 Å². The second-order valence-corrected chi connectivity index (χ2v) is 10.5.